The highest BCUT2D eigenvalue weighted by Gasteiger charge is 2.17. The molecule has 100 valence electrons. The molecule has 0 unspecified atom stereocenters. The average Bonchev–Trinajstić information content (AvgIpc) is 2.82. The fraction of sp³-hybridized carbons (Fsp3) is 0.286. The van der Waals surface area contributed by atoms with Gasteiger partial charge in [-0.1, -0.05) is 30.3 Å². The Hall–Kier alpha value is -2.30. The Balaban J connectivity index is 1.99. The van der Waals surface area contributed by atoms with E-state index in [9.17, 15) is 4.79 Å². The summed E-state index contributed by atoms with van der Waals surface area (Å²) in [4.78, 5) is 12.1. The number of amides is 1. The Morgan fingerprint density at radius 1 is 1.37 bits per heavy atom. The highest BCUT2D eigenvalue weighted by Crippen LogP contribution is 2.12. The van der Waals surface area contributed by atoms with E-state index < -0.39 is 0 Å². The molecule has 1 heterocycles. The quantitative estimate of drug-likeness (QED) is 0.866. The highest BCUT2D eigenvalue weighted by atomic mass is 16.5. The molecule has 2 rings (SSSR count). The molecule has 2 N–H and O–H groups in total. The molecule has 1 aromatic carbocycles. The maximum absolute atomic E-state index is 12.1. The van der Waals surface area contributed by atoms with E-state index in [-0.39, 0.29) is 11.9 Å². The number of anilines is 2. The van der Waals surface area contributed by atoms with Crippen molar-refractivity contribution in [3.05, 3.63) is 42.2 Å². The molecule has 0 aliphatic carbocycles. The molecular weight excluding hydrogens is 242 g/mol. The molecular formula is C14H17N3O2. The summed E-state index contributed by atoms with van der Waals surface area (Å²) in [6.07, 6.45) is 0.678. The zero-order valence-corrected chi connectivity index (χ0v) is 11.0. The SMILES string of the molecule is CC[C@@H](Nc1ccccc1)C(=O)Nc1cc(C)on1. The number of aromatic nitrogens is 1. The first-order valence-electron chi connectivity index (χ1n) is 6.25. The van der Waals surface area contributed by atoms with Gasteiger partial charge in [-0.25, -0.2) is 0 Å². The van der Waals surface area contributed by atoms with Crippen LogP contribution < -0.4 is 10.6 Å². The van der Waals surface area contributed by atoms with Crippen LogP contribution in [0, 0.1) is 6.92 Å². The minimum absolute atomic E-state index is 0.125. The van der Waals surface area contributed by atoms with Gasteiger partial charge in [0.05, 0.1) is 0 Å². The Bertz CT molecular complexity index is 537. The predicted molar refractivity (Wildman–Crippen MR) is 74.0 cm³/mol. The number of para-hydroxylation sites is 1. The van der Waals surface area contributed by atoms with Crippen molar-refractivity contribution in [3.8, 4) is 0 Å². The number of nitrogens with one attached hydrogen (secondary N) is 2. The van der Waals surface area contributed by atoms with E-state index in [1.165, 1.54) is 0 Å². The molecule has 0 spiro atoms. The summed E-state index contributed by atoms with van der Waals surface area (Å²) in [6.45, 7) is 3.73. The van der Waals surface area contributed by atoms with Crippen molar-refractivity contribution in [1.82, 2.24) is 5.16 Å². The summed E-state index contributed by atoms with van der Waals surface area (Å²) in [5, 5.41) is 9.66. The van der Waals surface area contributed by atoms with Gasteiger partial charge < -0.3 is 15.2 Å². The van der Waals surface area contributed by atoms with Crippen molar-refractivity contribution in [2.75, 3.05) is 10.6 Å². The minimum Gasteiger partial charge on any atom is -0.374 e. The van der Waals surface area contributed by atoms with E-state index in [4.69, 9.17) is 4.52 Å². The molecule has 5 nitrogen and oxygen atoms in total. The fourth-order valence-electron chi connectivity index (χ4n) is 1.73. The molecule has 19 heavy (non-hydrogen) atoms. The van der Waals surface area contributed by atoms with Crippen molar-refractivity contribution in [2.45, 2.75) is 26.3 Å². The number of rotatable bonds is 5. The van der Waals surface area contributed by atoms with Crippen LogP contribution in [-0.4, -0.2) is 17.1 Å². The number of hydrogen-bond donors (Lipinski definition) is 2. The van der Waals surface area contributed by atoms with E-state index >= 15 is 0 Å². The second-order valence-corrected chi connectivity index (χ2v) is 4.28. The lowest BCUT2D eigenvalue weighted by Gasteiger charge is -2.16. The summed E-state index contributed by atoms with van der Waals surface area (Å²) >= 11 is 0. The van der Waals surface area contributed by atoms with Gasteiger partial charge in [0.15, 0.2) is 5.82 Å². The molecule has 0 bridgehead atoms. The minimum atomic E-state index is -0.306. The Kier molecular flexibility index (Phi) is 4.18. The lowest BCUT2D eigenvalue weighted by atomic mass is 10.2. The molecule has 0 saturated carbocycles. The molecule has 2 aromatic rings. The van der Waals surface area contributed by atoms with Crippen LogP contribution >= 0.6 is 0 Å². The molecule has 1 aromatic heterocycles. The van der Waals surface area contributed by atoms with E-state index in [0.717, 1.165) is 5.69 Å². The van der Waals surface area contributed by atoms with Crippen molar-refractivity contribution < 1.29 is 9.32 Å². The first kappa shape index (κ1) is 13.1. The van der Waals surface area contributed by atoms with Crippen molar-refractivity contribution in [3.63, 3.8) is 0 Å². The number of nitrogens with zero attached hydrogens (tertiary/aromatic N) is 1. The van der Waals surface area contributed by atoms with Crippen molar-refractivity contribution in [1.29, 1.82) is 0 Å². The van der Waals surface area contributed by atoms with Crippen LogP contribution in [0.3, 0.4) is 0 Å². The summed E-state index contributed by atoms with van der Waals surface area (Å²) in [6, 6.07) is 11.0. The zero-order chi connectivity index (χ0) is 13.7. The summed E-state index contributed by atoms with van der Waals surface area (Å²) < 4.78 is 4.91. The van der Waals surface area contributed by atoms with E-state index in [1.54, 1.807) is 13.0 Å². The van der Waals surface area contributed by atoms with Crippen molar-refractivity contribution in [2.24, 2.45) is 0 Å². The fourth-order valence-corrected chi connectivity index (χ4v) is 1.73. The number of hydrogen-bond acceptors (Lipinski definition) is 4. The summed E-state index contributed by atoms with van der Waals surface area (Å²) in [7, 11) is 0. The Morgan fingerprint density at radius 2 is 2.11 bits per heavy atom. The molecule has 0 radical (unpaired) electrons. The monoisotopic (exact) mass is 259 g/mol. The molecule has 0 aliphatic heterocycles. The predicted octanol–water partition coefficient (Wildman–Crippen LogP) is 2.81. The highest BCUT2D eigenvalue weighted by molar-refractivity contribution is 5.95. The van der Waals surface area contributed by atoms with E-state index in [0.29, 0.717) is 18.0 Å². The standard InChI is InChI=1S/C14H17N3O2/c1-3-12(15-11-7-5-4-6-8-11)14(18)16-13-9-10(2)19-17-13/h4-9,12,15H,3H2,1-2H3,(H,16,17,18)/t12-/m1/s1. The maximum atomic E-state index is 12.1. The van der Waals surface area contributed by atoms with Crippen LogP contribution in [0.5, 0.6) is 0 Å². The normalized spacial score (nSPS) is 11.9. The smallest absolute Gasteiger partial charge is 0.248 e. The van der Waals surface area contributed by atoms with Crippen LogP contribution in [-0.2, 0) is 4.79 Å². The average molecular weight is 259 g/mol. The van der Waals surface area contributed by atoms with Crippen molar-refractivity contribution >= 4 is 17.4 Å². The van der Waals surface area contributed by atoms with Gasteiger partial charge in [0.1, 0.15) is 11.8 Å². The third kappa shape index (κ3) is 3.58. The van der Waals surface area contributed by atoms with Gasteiger partial charge in [-0.2, -0.15) is 0 Å². The maximum Gasteiger partial charge on any atom is 0.248 e. The first-order chi connectivity index (χ1) is 9.19. The summed E-state index contributed by atoms with van der Waals surface area (Å²) in [5.74, 6) is 0.981. The third-order valence-corrected chi connectivity index (χ3v) is 2.72. The van der Waals surface area contributed by atoms with Gasteiger partial charge >= 0.3 is 0 Å². The summed E-state index contributed by atoms with van der Waals surface area (Å²) in [5.41, 5.74) is 0.917. The Morgan fingerprint density at radius 3 is 2.68 bits per heavy atom. The molecule has 1 amide bonds. The number of benzene rings is 1. The van der Waals surface area contributed by atoms with E-state index in [1.807, 2.05) is 37.3 Å². The molecule has 0 saturated heterocycles. The van der Waals surface area contributed by atoms with Crippen LogP contribution in [0.1, 0.15) is 19.1 Å². The third-order valence-electron chi connectivity index (χ3n) is 2.72. The number of aryl methyl sites for hydroxylation is 1. The van der Waals surface area contributed by atoms with Gasteiger partial charge in [-0.05, 0) is 25.5 Å². The second kappa shape index (κ2) is 6.04. The zero-order valence-electron chi connectivity index (χ0n) is 11.0. The largest absolute Gasteiger partial charge is 0.374 e. The van der Waals surface area contributed by atoms with E-state index in [2.05, 4.69) is 15.8 Å². The topological polar surface area (TPSA) is 67.2 Å². The molecule has 0 fully saturated rings. The molecule has 5 heteroatoms. The van der Waals surface area contributed by atoms with Crippen LogP contribution in [0.25, 0.3) is 0 Å². The van der Waals surface area contributed by atoms with Gasteiger partial charge in [-0.3, -0.25) is 4.79 Å². The van der Waals surface area contributed by atoms with Gasteiger partial charge in [0.2, 0.25) is 5.91 Å². The van der Waals surface area contributed by atoms with Gasteiger partial charge in [-0.15, -0.1) is 0 Å². The van der Waals surface area contributed by atoms with Crippen LogP contribution in [0.2, 0.25) is 0 Å². The number of carbonyl (C=O) groups is 1. The molecule has 1 atom stereocenters. The van der Waals surface area contributed by atoms with Crippen LogP contribution in [0.15, 0.2) is 40.9 Å². The van der Waals surface area contributed by atoms with Gasteiger partial charge in [0, 0.05) is 11.8 Å². The molecule has 0 aliphatic rings. The second-order valence-electron chi connectivity index (χ2n) is 4.28. The Labute approximate surface area is 112 Å². The first-order valence-corrected chi connectivity index (χ1v) is 6.25. The number of carbonyl (C=O) groups excluding carboxylic acids is 1. The lowest BCUT2D eigenvalue weighted by molar-refractivity contribution is -0.117. The van der Waals surface area contributed by atoms with Gasteiger partial charge in [0.25, 0.3) is 0 Å². The van der Waals surface area contributed by atoms with Crippen LogP contribution in [0.4, 0.5) is 11.5 Å². The lowest BCUT2D eigenvalue weighted by Crippen LogP contribution is -2.34.